The average molecular weight is 417 g/mol. The summed E-state index contributed by atoms with van der Waals surface area (Å²) in [6.45, 7) is 5.03. The molecule has 2 heterocycles. The summed E-state index contributed by atoms with van der Waals surface area (Å²) in [6.07, 6.45) is 7.09. The van der Waals surface area contributed by atoms with Crippen LogP contribution < -0.4 is 10.2 Å². The molecule has 2 N–H and O–H groups in total. The van der Waals surface area contributed by atoms with E-state index in [2.05, 4.69) is 64.4 Å². The molecular weight excluding hydrogens is 388 g/mol. The van der Waals surface area contributed by atoms with Gasteiger partial charge in [-0.2, -0.15) is 0 Å². The topological polar surface area (TPSA) is 78.4 Å². The molecule has 0 spiro atoms. The van der Waals surface area contributed by atoms with Gasteiger partial charge in [-0.05, 0) is 59.7 Å². The Morgan fingerprint density at radius 2 is 2.06 bits per heavy atom. The maximum absolute atomic E-state index is 11.4. The van der Waals surface area contributed by atoms with Crippen molar-refractivity contribution in [2.24, 2.45) is 0 Å². The first-order valence-corrected chi connectivity index (χ1v) is 10.7. The number of carboxylic acid groups (broad SMARTS) is 1. The van der Waals surface area contributed by atoms with Crippen molar-refractivity contribution in [3.8, 4) is 0 Å². The molecule has 2 aromatic heterocycles. The Labute approximate surface area is 183 Å². The highest BCUT2D eigenvalue weighted by atomic mass is 16.4. The minimum atomic E-state index is -0.945. The quantitative estimate of drug-likeness (QED) is 0.551. The van der Waals surface area contributed by atoms with Gasteiger partial charge in [-0.1, -0.05) is 26.0 Å². The lowest BCUT2D eigenvalue weighted by Gasteiger charge is -2.21. The van der Waals surface area contributed by atoms with Crippen molar-refractivity contribution in [2.45, 2.75) is 38.5 Å². The van der Waals surface area contributed by atoms with Gasteiger partial charge in [0.15, 0.2) is 0 Å². The molecule has 0 saturated heterocycles. The molecule has 0 amide bonds. The van der Waals surface area contributed by atoms with Crippen molar-refractivity contribution in [1.29, 1.82) is 0 Å². The summed E-state index contributed by atoms with van der Waals surface area (Å²) in [5, 5.41) is 12.6. The van der Waals surface area contributed by atoms with Gasteiger partial charge in [0, 0.05) is 37.6 Å². The maximum Gasteiger partial charge on any atom is 0.337 e. The first-order chi connectivity index (χ1) is 14.9. The Bertz CT molecular complexity index is 1080. The van der Waals surface area contributed by atoms with Crippen LogP contribution in [0.25, 0.3) is 0 Å². The standard InChI is InChI=1S/C25H28N4O2/c1-16(2)18-6-9-24(28-13-18)29(3)20-7-8-21-17(12-20)4-5-19(21)14-27-23-15-26-11-10-22(23)25(30)31/h6-13,15-16,19,27H,4-5,14H2,1-3H3,(H,30,31)/t19-/m0/s1. The van der Waals surface area contributed by atoms with Gasteiger partial charge in [0.05, 0.1) is 17.4 Å². The van der Waals surface area contributed by atoms with E-state index in [0.717, 1.165) is 24.3 Å². The molecular formula is C25H28N4O2. The SMILES string of the molecule is CC(C)c1ccc(N(C)c2ccc3c(c2)CC[C@H]3CNc2cnccc2C(=O)O)nc1. The highest BCUT2D eigenvalue weighted by Gasteiger charge is 2.24. The van der Waals surface area contributed by atoms with E-state index in [4.69, 9.17) is 0 Å². The minimum Gasteiger partial charge on any atom is -0.478 e. The zero-order valence-electron chi connectivity index (χ0n) is 18.2. The molecule has 0 aliphatic heterocycles. The normalized spacial score (nSPS) is 15.0. The van der Waals surface area contributed by atoms with Gasteiger partial charge in [-0.25, -0.2) is 9.78 Å². The van der Waals surface area contributed by atoms with Crippen molar-refractivity contribution in [2.75, 3.05) is 23.8 Å². The van der Waals surface area contributed by atoms with Crippen LogP contribution in [-0.4, -0.2) is 34.6 Å². The first kappa shape index (κ1) is 20.8. The highest BCUT2D eigenvalue weighted by Crippen LogP contribution is 2.36. The molecule has 6 heteroatoms. The van der Waals surface area contributed by atoms with Crippen LogP contribution in [0.2, 0.25) is 0 Å². The number of carbonyl (C=O) groups is 1. The van der Waals surface area contributed by atoms with Gasteiger partial charge in [-0.3, -0.25) is 4.98 Å². The van der Waals surface area contributed by atoms with E-state index in [1.807, 2.05) is 13.2 Å². The van der Waals surface area contributed by atoms with Gasteiger partial charge in [0.2, 0.25) is 0 Å². The van der Waals surface area contributed by atoms with Crippen LogP contribution in [0.5, 0.6) is 0 Å². The zero-order chi connectivity index (χ0) is 22.0. The van der Waals surface area contributed by atoms with E-state index >= 15 is 0 Å². The second-order valence-electron chi connectivity index (χ2n) is 8.39. The van der Waals surface area contributed by atoms with E-state index in [0.29, 0.717) is 24.1 Å². The molecule has 0 radical (unpaired) electrons. The number of nitrogens with zero attached hydrogens (tertiary/aromatic N) is 3. The number of pyridine rings is 2. The molecule has 3 aromatic rings. The molecule has 1 aliphatic carbocycles. The van der Waals surface area contributed by atoms with Crippen molar-refractivity contribution in [1.82, 2.24) is 9.97 Å². The Morgan fingerprint density at radius 3 is 2.77 bits per heavy atom. The molecule has 1 aromatic carbocycles. The number of nitrogens with one attached hydrogen (secondary N) is 1. The Hall–Kier alpha value is -3.41. The van der Waals surface area contributed by atoms with Crippen molar-refractivity contribution in [3.05, 3.63) is 77.2 Å². The van der Waals surface area contributed by atoms with E-state index in [-0.39, 0.29) is 5.56 Å². The number of aromatic nitrogens is 2. The van der Waals surface area contributed by atoms with E-state index in [1.54, 1.807) is 6.20 Å². The molecule has 1 atom stereocenters. The number of fused-ring (bicyclic) bond motifs is 1. The van der Waals surface area contributed by atoms with Gasteiger partial charge in [0.1, 0.15) is 5.82 Å². The highest BCUT2D eigenvalue weighted by molar-refractivity contribution is 5.93. The summed E-state index contributed by atoms with van der Waals surface area (Å²) in [4.78, 5) is 22.2. The summed E-state index contributed by atoms with van der Waals surface area (Å²) >= 11 is 0. The van der Waals surface area contributed by atoms with E-state index in [1.165, 1.54) is 29.0 Å². The van der Waals surface area contributed by atoms with Crippen LogP contribution in [0.1, 0.15) is 59.2 Å². The lowest BCUT2D eigenvalue weighted by Crippen LogP contribution is -2.14. The summed E-state index contributed by atoms with van der Waals surface area (Å²) in [5.74, 6) is 0.799. The fourth-order valence-electron chi connectivity index (χ4n) is 4.14. The third-order valence-electron chi connectivity index (χ3n) is 6.09. The average Bonchev–Trinajstić information content (AvgIpc) is 3.19. The molecule has 0 bridgehead atoms. The largest absolute Gasteiger partial charge is 0.478 e. The van der Waals surface area contributed by atoms with Gasteiger partial charge >= 0.3 is 5.97 Å². The third kappa shape index (κ3) is 4.38. The number of aromatic carboxylic acids is 1. The molecule has 0 fully saturated rings. The fourth-order valence-corrected chi connectivity index (χ4v) is 4.14. The maximum atomic E-state index is 11.4. The van der Waals surface area contributed by atoms with Crippen LogP contribution in [0, 0.1) is 0 Å². The van der Waals surface area contributed by atoms with Crippen LogP contribution in [-0.2, 0) is 6.42 Å². The number of aryl methyl sites for hydroxylation is 1. The van der Waals surface area contributed by atoms with Crippen molar-refractivity contribution in [3.63, 3.8) is 0 Å². The van der Waals surface area contributed by atoms with E-state index < -0.39 is 5.97 Å². The number of anilines is 3. The Kier molecular flexibility index (Phi) is 5.89. The first-order valence-electron chi connectivity index (χ1n) is 10.7. The van der Waals surface area contributed by atoms with Crippen molar-refractivity contribution >= 4 is 23.2 Å². The number of hydrogen-bond acceptors (Lipinski definition) is 5. The second-order valence-corrected chi connectivity index (χ2v) is 8.39. The van der Waals surface area contributed by atoms with Gasteiger partial charge in [0.25, 0.3) is 0 Å². The Balaban J connectivity index is 1.47. The number of benzene rings is 1. The molecule has 31 heavy (non-hydrogen) atoms. The fraction of sp³-hybridized carbons (Fsp3) is 0.320. The van der Waals surface area contributed by atoms with E-state index in [9.17, 15) is 9.90 Å². The molecule has 0 unspecified atom stereocenters. The van der Waals surface area contributed by atoms with Crippen molar-refractivity contribution < 1.29 is 9.90 Å². The van der Waals surface area contributed by atoms with Gasteiger partial charge in [-0.15, -0.1) is 0 Å². The predicted octanol–water partition coefficient (Wildman–Crippen LogP) is 5.21. The number of carboxylic acids is 1. The summed E-state index contributed by atoms with van der Waals surface area (Å²) in [6, 6.07) is 12.3. The lowest BCUT2D eigenvalue weighted by molar-refractivity contribution is 0.0698. The third-order valence-corrected chi connectivity index (χ3v) is 6.09. The second kappa shape index (κ2) is 8.76. The smallest absolute Gasteiger partial charge is 0.337 e. The monoisotopic (exact) mass is 416 g/mol. The van der Waals surface area contributed by atoms with Gasteiger partial charge < -0.3 is 15.3 Å². The number of rotatable bonds is 7. The summed E-state index contributed by atoms with van der Waals surface area (Å²) in [7, 11) is 2.04. The Morgan fingerprint density at radius 1 is 1.23 bits per heavy atom. The van der Waals surface area contributed by atoms with Crippen LogP contribution in [0.3, 0.4) is 0 Å². The lowest BCUT2D eigenvalue weighted by atomic mass is 10.0. The number of hydrogen-bond donors (Lipinski definition) is 2. The van der Waals surface area contributed by atoms with Crippen LogP contribution >= 0.6 is 0 Å². The van der Waals surface area contributed by atoms with Crippen LogP contribution in [0.15, 0.2) is 55.0 Å². The molecule has 6 nitrogen and oxygen atoms in total. The molecule has 4 rings (SSSR count). The molecule has 0 saturated carbocycles. The summed E-state index contributed by atoms with van der Waals surface area (Å²) in [5.41, 5.74) is 5.85. The predicted molar refractivity (Wildman–Crippen MR) is 124 cm³/mol. The summed E-state index contributed by atoms with van der Waals surface area (Å²) < 4.78 is 0. The molecule has 160 valence electrons. The van der Waals surface area contributed by atoms with Crippen LogP contribution in [0.4, 0.5) is 17.2 Å². The molecule has 1 aliphatic rings. The minimum absolute atomic E-state index is 0.251. The zero-order valence-corrected chi connectivity index (χ0v) is 18.2.